The Morgan fingerprint density at radius 1 is 0.923 bits per heavy atom. The van der Waals surface area contributed by atoms with Crippen molar-refractivity contribution in [1.82, 2.24) is 9.80 Å². The van der Waals surface area contributed by atoms with Crippen molar-refractivity contribution in [3.63, 3.8) is 0 Å². The van der Waals surface area contributed by atoms with Gasteiger partial charge in [0, 0.05) is 38.6 Å². The lowest BCUT2D eigenvalue weighted by Crippen LogP contribution is -2.61. The van der Waals surface area contributed by atoms with Crippen LogP contribution in [0.25, 0.3) is 0 Å². The molecule has 1 saturated carbocycles. The molecule has 6 heteroatoms. The number of hydrogen-bond acceptors (Lipinski definition) is 5. The highest BCUT2D eigenvalue weighted by atomic mass is 16.4. The first-order valence-electron chi connectivity index (χ1n) is 10.5. The van der Waals surface area contributed by atoms with E-state index < -0.39 is 18.3 Å². The molecule has 3 N–H and O–H groups in total. The number of carbonyl (C=O) groups is 1. The lowest BCUT2D eigenvalue weighted by Gasteiger charge is -2.44. The Balaban J connectivity index is 1.42. The zero-order valence-electron chi connectivity index (χ0n) is 16.1. The molecule has 0 radical (unpaired) electrons. The lowest BCUT2D eigenvalue weighted by molar-refractivity contribution is -0.138. The summed E-state index contributed by atoms with van der Waals surface area (Å²) in [5.74, 6) is 1.40. The molecular weight excluding hydrogens is 332 g/mol. The van der Waals surface area contributed by atoms with E-state index in [4.69, 9.17) is 0 Å². The molecule has 26 heavy (non-hydrogen) atoms. The minimum Gasteiger partial charge on any atom is -0.389 e. The fourth-order valence-corrected chi connectivity index (χ4v) is 4.95. The highest BCUT2D eigenvalue weighted by Gasteiger charge is 2.39. The Morgan fingerprint density at radius 3 is 2.23 bits per heavy atom. The molecule has 0 spiro atoms. The highest BCUT2D eigenvalue weighted by Crippen LogP contribution is 2.28. The first-order valence-corrected chi connectivity index (χ1v) is 10.5. The molecule has 0 aromatic heterocycles. The number of aliphatic hydroxyl groups excluding tert-OH is 3. The zero-order valence-corrected chi connectivity index (χ0v) is 16.1. The summed E-state index contributed by atoms with van der Waals surface area (Å²) in [6, 6.07) is -0.153. The van der Waals surface area contributed by atoms with Gasteiger partial charge in [0.25, 0.3) is 0 Å². The Hall–Kier alpha value is -0.690. The molecule has 1 amide bonds. The third-order valence-corrected chi connectivity index (χ3v) is 6.88. The number of aliphatic hydroxyl groups is 3. The van der Waals surface area contributed by atoms with E-state index in [0.29, 0.717) is 24.3 Å². The van der Waals surface area contributed by atoms with Gasteiger partial charge in [-0.15, -0.1) is 0 Å². The summed E-state index contributed by atoms with van der Waals surface area (Å²) in [5.41, 5.74) is 0. The Labute approximate surface area is 157 Å². The summed E-state index contributed by atoms with van der Waals surface area (Å²) in [7, 11) is 0. The average Bonchev–Trinajstić information content (AvgIpc) is 2.65. The standard InChI is InChI=1S/C20H36N2O4/c1-14-19(25)20(26)17(23)13-22(14)12-16-7-9-21(10-8-16)18(24)11-15-5-3-2-4-6-15/h14-17,19-20,23,25-26H,2-13H2,1H3/t14-,17+,19-,20-/m1/s1. The maximum atomic E-state index is 12.6. The molecule has 4 atom stereocenters. The fourth-order valence-electron chi connectivity index (χ4n) is 4.95. The maximum Gasteiger partial charge on any atom is 0.222 e. The number of carbonyl (C=O) groups excluding carboxylic acids is 1. The highest BCUT2D eigenvalue weighted by molar-refractivity contribution is 5.76. The van der Waals surface area contributed by atoms with Crippen LogP contribution in [0.4, 0.5) is 0 Å². The molecule has 3 aliphatic rings. The summed E-state index contributed by atoms with van der Waals surface area (Å²) in [6.45, 7) is 4.77. The van der Waals surface area contributed by atoms with Gasteiger partial charge in [0.2, 0.25) is 5.91 Å². The van der Waals surface area contributed by atoms with Crippen LogP contribution in [-0.4, -0.2) is 81.6 Å². The van der Waals surface area contributed by atoms with Crippen molar-refractivity contribution in [1.29, 1.82) is 0 Å². The fraction of sp³-hybridized carbons (Fsp3) is 0.950. The molecule has 3 fully saturated rings. The molecule has 2 saturated heterocycles. The lowest BCUT2D eigenvalue weighted by atomic mass is 9.86. The van der Waals surface area contributed by atoms with Gasteiger partial charge < -0.3 is 20.2 Å². The summed E-state index contributed by atoms with van der Waals surface area (Å²) in [5, 5.41) is 29.8. The van der Waals surface area contributed by atoms with Gasteiger partial charge in [0.1, 0.15) is 6.10 Å². The van der Waals surface area contributed by atoms with Crippen molar-refractivity contribution in [2.24, 2.45) is 11.8 Å². The van der Waals surface area contributed by atoms with Crippen LogP contribution in [0.3, 0.4) is 0 Å². The SMILES string of the molecule is C[C@@H]1[C@@H](O)[C@H](O)[C@@H](O)CN1CC1CCN(C(=O)CC2CCCCC2)CC1. The second-order valence-electron chi connectivity index (χ2n) is 8.78. The van der Waals surface area contributed by atoms with Crippen LogP contribution in [0.15, 0.2) is 0 Å². The number of likely N-dealkylation sites (tertiary alicyclic amines) is 2. The van der Waals surface area contributed by atoms with Gasteiger partial charge in [0.05, 0.1) is 12.2 Å². The van der Waals surface area contributed by atoms with E-state index in [-0.39, 0.29) is 6.04 Å². The Bertz CT molecular complexity index is 461. The summed E-state index contributed by atoms with van der Waals surface area (Å²) >= 11 is 0. The second kappa shape index (κ2) is 9.00. The van der Waals surface area contributed by atoms with Gasteiger partial charge in [-0.3, -0.25) is 9.69 Å². The molecule has 6 nitrogen and oxygen atoms in total. The molecule has 2 aliphatic heterocycles. The van der Waals surface area contributed by atoms with Crippen LogP contribution < -0.4 is 0 Å². The maximum absolute atomic E-state index is 12.6. The number of hydrogen-bond donors (Lipinski definition) is 3. The number of nitrogens with zero attached hydrogens (tertiary/aromatic N) is 2. The van der Waals surface area contributed by atoms with Crippen LogP contribution in [0.2, 0.25) is 0 Å². The van der Waals surface area contributed by atoms with Gasteiger partial charge in [-0.25, -0.2) is 0 Å². The molecule has 0 unspecified atom stereocenters. The van der Waals surface area contributed by atoms with E-state index in [1.165, 1.54) is 32.1 Å². The van der Waals surface area contributed by atoms with Crippen LogP contribution in [0.5, 0.6) is 0 Å². The van der Waals surface area contributed by atoms with Gasteiger partial charge in [-0.05, 0) is 44.4 Å². The largest absolute Gasteiger partial charge is 0.389 e. The third-order valence-electron chi connectivity index (χ3n) is 6.88. The van der Waals surface area contributed by atoms with Crippen molar-refractivity contribution in [3.05, 3.63) is 0 Å². The minimum atomic E-state index is -1.06. The monoisotopic (exact) mass is 368 g/mol. The summed E-state index contributed by atoms with van der Waals surface area (Å²) < 4.78 is 0. The number of rotatable bonds is 4. The van der Waals surface area contributed by atoms with E-state index >= 15 is 0 Å². The average molecular weight is 369 g/mol. The zero-order chi connectivity index (χ0) is 18.7. The topological polar surface area (TPSA) is 84.2 Å². The van der Waals surface area contributed by atoms with E-state index in [1.54, 1.807) is 0 Å². The van der Waals surface area contributed by atoms with Gasteiger partial charge >= 0.3 is 0 Å². The number of piperidine rings is 2. The predicted octanol–water partition coefficient (Wildman–Crippen LogP) is 0.982. The third kappa shape index (κ3) is 4.77. The van der Waals surface area contributed by atoms with Crippen molar-refractivity contribution in [2.75, 3.05) is 26.2 Å². The predicted molar refractivity (Wildman–Crippen MR) is 99.6 cm³/mol. The van der Waals surface area contributed by atoms with Gasteiger partial charge in [-0.1, -0.05) is 19.3 Å². The van der Waals surface area contributed by atoms with E-state index in [9.17, 15) is 20.1 Å². The van der Waals surface area contributed by atoms with E-state index in [0.717, 1.165) is 38.9 Å². The Kier molecular flexibility index (Phi) is 6.94. The molecule has 0 aromatic rings. The molecule has 1 aliphatic carbocycles. The van der Waals surface area contributed by atoms with Gasteiger partial charge in [0.15, 0.2) is 0 Å². The molecular formula is C20H36N2O4. The normalized spacial score (nSPS) is 35.6. The van der Waals surface area contributed by atoms with E-state index in [2.05, 4.69) is 4.90 Å². The Morgan fingerprint density at radius 2 is 1.58 bits per heavy atom. The van der Waals surface area contributed by atoms with Crippen LogP contribution in [-0.2, 0) is 4.79 Å². The number of amides is 1. The first kappa shape index (κ1) is 20.1. The van der Waals surface area contributed by atoms with E-state index in [1.807, 2.05) is 11.8 Å². The first-order chi connectivity index (χ1) is 12.5. The molecule has 150 valence electrons. The van der Waals surface area contributed by atoms with Crippen molar-refractivity contribution < 1.29 is 20.1 Å². The minimum absolute atomic E-state index is 0.153. The van der Waals surface area contributed by atoms with Crippen LogP contribution >= 0.6 is 0 Å². The molecule has 2 heterocycles. The van der Waals surface area contributed by atoms with Crippen LogP contribution in [0.1, 0.15) is 58.3 Å². The number of β-amino-alcohol motifs (C(OH)–C–C–N with tert-alkyl or cyclic N) is 1. The van der Waals surface area contributed by atoms with Crippen molar-refractivity contribution in [3.8, 4) is 0 Å². The quantitative estimate of drug-likeness (QED) is 0.689. The van der Waals surface area contributed by atoms with Gasteiger partial charge in [-0.2, -0.15) is 0 Å². The van der Waals surface area contributed by atoms with Crippen molar-refractivity contribution in [2.45, 2.75) is 82.6 Å². The second-order valence-corrected chi connectivity index (χ2v) is 8.78. The smallest absolute Gasteiger partial charge is 0.222 e. The van der Waals surface area contributed by atoms with Crippen LogP contribution in [0, 0.1) is 11.8 Å². The molecule has 3 rings (SSSR count). The summed E-state index contributed by atoms with van der Waals surface area (Å²) in [6.07, 6.45) is 6.14. The van der Waals surface area contributed by atoms with Crippen molar-refractivity contribution >= 4 is 5.91 Å². The molecule has 0 aromatic carbocycles. The summed E-state index contributed by atoms with van der Waals surface area (Å²) in [4.78, 5) is 16.7. The molecule has 0 bridgehead atoms.